The highest BCUT2D eigenvalue weighted by atomic mass is 15.4. The second kappa shape index (κ2) is 23.3. The molecule has 0 aliphatic rings. The molecule has 2 heteroatoms. The molecule has 0 atom stereocenters. The van der Waals surface area contributed by atoms with E-state index in [1.807, 2.05) is 38.3 Å². The maximum Gasteiger partial charge on any atom is 0.0296 e. The third-order valence-electron chi connectivity index (χ3n) is 2.33. The molecular formula is C18H40N2. The van der Waals surface area contributed by atoms with Gasteiger partial charge in [-0.25, -0.2) is 0 Å². The van der Waals surface area contributed by atoms with Gasteiger partial charge in [0, 0.05) is 19.5 Å². The van der Waals surface area contributed by atoms with E-state index in [1.54, 1.807) is 0 Å². The van der Waals surface area contributed by atoms with Crippen molar-refractivity contribution in [3.05, 3.63) is 11.8 Å². The monoisotopic (exact) mass is 284 g/mol. The van der Waals surface area contributed by atoms with Crippen molar-refractivity contribution >= 4 is 6.21 Å². The number of rotatable bonds is 8. The molecular weight excluding hydrogens is 244 g/mol. The first kappa shape index (κ1) is 24.2. The Bertz CT molecular complexity index is 199. The van der Waals surface area contributed by atoms with Crippen molar-refractivity contribution in [3.63, 3.8) is 0 Å². The van der Waals surface area contributed by atoms with Crippen LogP contribution in [0, 0.1) is 0 Å². The number of hydrogen-bond donors (Lipinski definition) is 0. The summed E-state index contributed by atoms with van der Waals surface area (Å²) in [6.07, 6.45) is 13.2. The molecule has 2 nitrogen and oxygen atoms in total. The van der Waals surface area contributed by atoms with Gasteiger partial charge >= 0.3 is 0 Å². The topological polar surface area (TPSA) is 15.6 Å². The van der Waals surface area contributed by atoms with Gasteiger partial charge in [0.1, 0.15) is 0 Å². The van der Waals surface area contributed by atoms with E-state index in [1.165, 1.54) is 37.7 Å². The van der Waals surface area contributed by atoms with Crippen molar-refractivity contribution in [2.24, 2.45) is 5.10 Å². The van der Waals surface area contributed by atoms with Gasteiger partial charge in [-0.1, -0.05) is 78.7 Å². The summed E-state index contributed by atoms with van der Waals surface area (Å²) >= 11 is 0. The zero-order chi connectivity index (χ0) is 16.2. The first-order chi connectivity index (χ1) is 9.58. The Morgan fingerprint density at radius 3 is 1.75 bits per heavy atom. The lowest BCUT2D eigenvalue weighted by Gasteiger charge is -2.05. The molecule has 0 saturated heterocycles. The molecule has 122 valence electrons. The summed E-state index contributed by atoms with van der Waals surface area (Å²) in [4.78, 5) is 0. The summed E-state index contributed by atoms with van der Waals surface area (Å²) in [5, 5.41) is 6.02. The summed E-state index contributed by atoms with van der Waals surface area (Å²) in [6, 6.07) is 0. The fourth-order valence-electron chi connectivity index (χ4n) is 1.40. The molecule has 0 amide bonds. The minimum absolute atomic E-state index is 1.06. The first-order valence-electron chi connectivity index (χ1n) is 8.48. The molecule has 20 heavy (non-hydrogen) atoms. The van der Waals surface area contributed by atoms with Crippen LogP contribution in [0.3, 0.4) is 0 Å². The van der Waals surface area contributed by atoms with E-state index in [2.05, 4.69) is 39.7 Å². The average Bonchev–Trinajstić information content (AvgIpc) is 2.42. The van der Waals surface area contributed by atoms with E-state index in [9.17, 15) is 0 Å². The number of unbranched alkanes of at least 4 members (excludes halogenated alkanes) is 5. The molecule has 0 aromatic carbocycles. The fraction of sp³-hybridized carbons (Fsp3) is 0.833. The van der Waals surface area contributed by atoms with E-state index in [4.69, 9.17) is 0 Å². The summed E-state index contributed by atoms with van der Waals surface area (Å²) in [5.74, 6) is 0. The van der Waals surface area contributed by atoms with Gasteiger partial charge in [-0.3, -0.25) is 5.01 Å². The quantitative estimate of drug-likeness (QED) is 0.277. The number of allylic oxidation sites excluding steroid dienone is 1. The van der Waals surface area contributed by atoms with E-state index in [0.29, 0.717) is 0 Å². The molecule has 0 aliphatic carbocycles. The van der Waals surface area contributed by atoms with Crippen LogP contribution in [-0.4, -0.2) is 18.3 Å². The Morgan fingerprint density at radius 1 is 0.900 bits per heavy atom. The lowest BCUT2D eigenvalue weighted by molar-refractivity contribution is 0.487. The standard InChI is InChI=1S/C9H18N2.C7H16.C2H6/c1-5-6-7-10-11(4)8-9(2)3;1-3-5-7-6-4-2;1-2/h7-8H,5-6H2,1-4H3;3-7H2,1-2H3;1-2H3/b10-7-;;. The lowest BCUT2D eigenvalue weighted by Crippen LogP contribution is -2.01. The average molecular weight is 285 g/mol. The number of hydrogen-bond acceptors (Lipinski definition) is 2. The van der Waals surface area contributed by atoms with Crippen LogP contribution < -0.4 is 0 Å². The highest BCUT2D eigenvalue weighted by Gasteiger charge is 1.83. The second-order valence-electron chi connectivity index (χ2n) is 4.93. The van der Waals surface area contributed by atoms with Crippen LogP contribution in [0.5, 0.6) is 0 Å². The van der Waals surface area contributed by atoms with Gasteiger partial charge in [-0.15, -0.1) is 0 Å². The highest BCUT2D eigenvalue weighted by molar-refractivity contribution is 5.56. The molecule has 0 spiro atoms. The normalized spacial score (nSPS) is 9.20. The van der Waals surface area contributed by atoms with Crippen LogP contribution in [0.4, 0.5) is 0 Å². The molecule has 0 fully saturated rings. The van der Waals surface area contributed by atoms with Crippen molar-refractivity contribution in [1.29, 1.82) is 0 Å². The van der Waals surface area contributed by atoms with Crippen LogP contribution in [0.2, 0.25) is 0 Å². The van der Waals surface area contributed by atoms with Crippen molar-refractivity contribution in [2.45, 2.75) is 93.4 Å². The Kier molecular flexibility index (Phi) is 28.3. The molecule has 0 rings (SSSR count). The van der Waals surface area contributed by atoms with Crippen LogP contribution in [-0.2, 0) is 0 Å². The molecule has 0 unspecified atom stereocenters. The third-order valence-corrected chi connectivity index (χ3v) is 2.33. The predicted octanol–water partition coefficient (Wildman–Crippen LogP) is 6.63. The Balaban J connectivity index is -0.000000277. The van der Waals surface area contributed by atoms with Gasteiger partial charge in [0.15, 0.2) is 0 Å². The van der Waals surface area contributed by atoms with Gasteiger partial charge in [-0.05, 0) is 20.3 Å². The van der Waals surface area contributed by atoms with Gasteiger partial charge < -0.3 is 0 Å². The summed E-state index contributed by atoms with van der Waals surface area (Å²) < 4.78 is 0. The van der Waals surface area contributed by atoms with Crippen LogP contribution in [0.1, 0.15) is 93.4 Å². The molecule has 0 aromatic rings. The SMILES string of the molecule is CC.CCC/C=N\N(C)C=C(C)C.CCCCCCC. The molecule has 0 aliphatic heterocycles. The van der Waals surface area contributed by atoms with Crippen LogP contribution in [0.15, 0.2) is 16.9 Å². The van der Waals surface area contributed by atoms with E-state index < -0.39 is 0 Å². The Hall–Kier alpha value is -0.790. The van der Waals surface area contributed by atoms with Crippen molar-refractivity contribution < 1.29 is 0 Å². The van der Waals surface area contributed by atoms with E-state index in [0.717, 1.165) is 12.8 Å². The molecule has 0 N–H and O–H groups in total. The fourth-order valence-corrected chi connectivity index (χ4v) is 1.40. The molecule has 0 saturated carbocycles. The summed E-state index contributed by atoms with van der Waals surface area (Å²) in [5.41, 5.74) is 1.26. The maximum absolute atomic E-state index is 4.19. The van der Waals surface area contributed by atoms with Gasteiger partial charge in [0.25, 0.3) is 0 Å². The summed E-state index contributed by atoms with van der Waals surface area (Å²) in [7, 11) is 1.94. The smallest absolute Gasteiger partial charge is 0.0296 e. The van der Waals surface area contributed by atoms with Gasteiger partial charge in [0.2, 0.25) is 0 Å². The minimum Gasteiger partial charge on any atom is -0.276 e. The lowest BCUT2D eigenvalue weighted by atomic mass is 10.2. The van der Waals surface area contributed by atoms with Gasteiger partial charge in [-0.2, -0.15) is 5.10 Å². The zero-order valence-corrected chi connectivity index (χ0v) is 15.5. The van der Waals surface area contributed by atoms with Crippen LogP contribution >= 0.6 is 0 Å². The minimum atomic E-state index is 1.06. The van der Waals surface area contributed by atoms with Crippen molar-refractivity contribution in [2.75, 3.05) is 7.05 Å². The molecule has 0 radical (unpaired) electrons. The Labute approximate surface area is 129 Å². The molecule has 0 bridgehead atoms. The molecule has 0 aromatic heterocycles. The third kappa shape index (κ3) is 30.3. The first-order valence-corrected chi connectivity index (χ1v) is 8.48. The van der Waals surface area contributed by atoms with E-state index in [-0.39, 0.29) is 0 Å². The zero-order valence-electron chi connectivity index (χ0n) is 15.5. The Morgan fingerprint density at radius 2 is 1.40 bits per heavy atom. The van der Waals surface area contributed by atoms with Crippen molar-refractivity contribution in [1.82, 2.24) is 5.01 Å². The van der Waals surface area contributed by atoms with Crippen LogP contribution in [0.25, 0.3) is 0 Å². The van der Waals surface area contributed by atoms with Crippen molar-refractivity contribution in [3.8, 4) is 0 Å². The predicted molar refractivity (Wildman–Crippen MR) is 96.4 cm³/mol. The highest BCUT2D eigenvalue weighted by Crippen LogP contribution is 2.00. The molecule has 0 heterocycles. The maximum atomic E-state index is 4.19. The summed E-state index contributed by atoms with van der Waals surface area (Å²) in [6.45, 7) is 14.8. The second-order valence-corrected chi connectivity index (χ2v) is 4.93. The largest absolute Gasteiger partial charge is 0.276 e. The van der Waals surface area contributed by atoms with E-state index >= 15 is 0 Å². The number of hydrazone groups is 1. The number of nitrogens with zero attached hydrogens (tertiary/aromatic N) is 2. The van der Waals surface area contributed by atoms with Gasteiger partial charge in [0.05, 0.1) is 0 Å².